The van der Waals surface area contributed by atoms with Crippen molar-refractivity contribution in [2.45, 2.75) is 19.4 Å². The van der Waals surface area contributed by atoms with Crippen LogP contribution in [0.2, 0.25) is 0 Å². The molecular weight excluding hydrogens is 230 g/mol. The van der Waals surface area contributed by atoms with Crippen molar-refractivity contribution in [3.05, 3.63) is 12.4 Å². The molecule has 1 amide bonds. The molecule has 1 aromatic heterocycles. The molecule has 1 saturated heterocycles. The molecule has 1 aromatic rings. The summed E-state index contributed by atoms with van der Waals surface area (Å²) in [5.41, 5.74) is 6.12. The second-order valence-electron chi connectivity index (χ2n) is 5.05. The summed E-state index contributed by atoms with van der Waals surface area (Å²) in [6.07, 6.45) is 5.61. The van der Waals surface area contributed by atoms with Crippen molar-refractivity contribution in [2.24, 2.45) is 5.92 Å². The highest BCUT2D eigenvalue weighted by Crippen LogP contribution is 2.13. The zero-order chi connectivity index (χ0) is 13.0. The average Bonchev–Trinajstić information content (AvgIpc) is 2.72. The van der Waals surface area contributed by atoms with Crippen LogP contribution in [0.15, 0.2) is 12.4 Å². The molecule has 1 fully saturated rings. The molecule has 1 atom stereocenters. The van der Waals surface area contributed by atoms with Crippen LogP contribution >= 0.6 is 0 Å². The maximum absolute atomic E-state index is 11.7. The van der Waals surface area contributed by atoms with Gasteiger partial charge in [0.15, 0.2) is 0 Å². The van der Waals surface area contributed by atoms with E-state index < -0.39 is 0 Å². The van der Waals surface area contributed by atoms with Crippen LogP contribution in [0.4, 0.5) is 5.69 Å². The lowest BCUT2D eigenvalue weighted by molar-refractivity contribution is -0.122. The number of nitrogens with zero attached hydrogens (tertiary/aromatic N) is 3. The maximum atomic E-state index is 11.7. The number of amides is 1. The smallest absolute Gasteiger partial charge is 0.241 e. The Balaban J connectivity index is 1.71. The maximum Gasteiger partial charge on any atom is 0.241 e. The number of aromatic nitrogens is 2. The van der Waals surface area contributed by atoms with E-state index in [0.29, 0.717) is 11.6 Å². The molecule has 2 rings (SSSR count). The quantitative estimate of drug-likeness (QED) is 0.785. The van der Waals surface area contributed by atoms with Gasteiger partial charge in [-0.1, -0.05) is 0 Å². The molecule has 1 unspecified atom stereocenters. The Kier molecular flexibility index (Phi) is 4.19. The molecule has 0 radical (unpaired) electrons. The zero-order valence-electron chi connectivity index (χ0n) is 10.8. The monoisotopic (exact) mass is 251 g/mol. The Morgan fingerprint density at radius 1 is 1.67 bits per heavy atom. The SMILES string of the molecule is CN1CCCC(CNC(=O)Cn2cc(N)cn2)C1. The minimum absolute atomic E-state index is 0.00803. The van der Waals surface area contributed by atoms with E-state index in [4.69, 9.17) is 5.73 Å². The second-order valence-corrected chi connectivity index (χ2v) is 5.05. The fourth-order valence-corrected chi connectivity index (χ4v) is 2.37. The molecule has 0 spiro atoms. The summed E-state index contributed by atoms with van der Waals surface area (Å²) < 4.78 is 1.55. The predicted molar refractivity (Wildman–Crippen MR) is 69.9 cm³/mol. The first-order valence-corrected chi connectivity index (χ1v) is 6.36. The van der Waals surface area contributed by atoms with E-state index in [1.165, 1.54) is 12.8 Å². The minimum Gasteiger partial charge on any atom is -0.396 e. The van der Waals surface area contributed by atoms with Crippen molar-refractivity contribution >= 4 is 11.6 Å². The molecule has 1 aliphatic rings. The summed E-state index contributed by atoms with van der Waals surface area (Å²) in [6.45, 7) is 3.21. The molecule has 2 heterocycles. The first-order valence-electron chi connectivity index (χ1n) is 6.36. The number of nitrogens with one attached hydrogen (secondary N) is 1. The summed E-state index contributed by atoms with van der Waals surface area (Å²) in [5, 5.41) is 6.95. The van der Waals surface area contributed by atoms with Crippen molar-refractivity contribution < 1.29 is 4.79 Å². The molecule has 18 heavy (non-hydrogen) atoms. The van der Waals surface area contributed by atoms with Crippen LogP contribution in [0, 0.1) is 5.92 Å². The lowest BCUT2D eigenvalue weighted by Gasteiger charge is -2.29. The molecule has 0 aliphatic carbocycles. The Labute approximate surface area is 107 Å². The highest BCUT2D eigenvalue weighted by atomic mass is 16.2. The third-order valence-corrected chi connectivity index (χ3v) is 3.27. The number of anilines is 1. The summed E-state index contributed by atoms with van der Waals surface area (Å²) in [6, 6.07) is 0. The van der Waals surface area contributed by atoms with Gasteiger partial charge in [-0.25, -0.2) is 0 Å². The Bertz CT molecular complexity index is 403. The number of hydrogen-bond donors (Lipinski definition) is 2. The number of nitrogen functional groups attached to an aromatic ring is 1. The van der Waals surface area contributed by atoms with E-state index in [1.54, 1.807) is 17.1 Å². The molecule has 0 saturated carbocycles. The molecule has 6 nitrogen and oxygen atoms in total. The van der Waals surface area contributed by atoms with Gasteiger partial charge in [0.05, 0.1) is 11.9 Å². The average molecular weight is 251 g/mol. The zero-order valence-corrected chi connectivity index (χ0v) is 10.8. The molecule has 0 bridgehead atoms. The van der Waals surface area contributed by atoms with Crippen LogP contribution in [0.5, 0.6) is 0 Å². The van der Waals surface area contributed by atoms with Gasteiger partial charge in [-0.3, -0.25) is 9.48 Å². The van der Waals surface area contributed by atoms with E-state index in [2.05, 4.69) is 22.4 Å². The van der Waals surface area contributed by atoms with Crippen LogP contribution in [0.3, 0.4) is 0 Å². The summed E-state index contributed by atoms with van der Waals surface area (Å²) in [4.78, 5) is 14.0. The van der Waals surface area contributed by atoms with Crippen LogP contribution in [0.25, 0.3) is 0 Å². The third-order valence-electron chi connectivity index (χ3n) is 3.27. The van der Waals surface area contributed by atoms with Gasteiger partial charge in [-0.05, 0) is 32.4 Å². The molecular formula is C12H21N5O. The van der Waals surface area contributed by atoms with Gasteiger partial charge in [0.1, 0.15) is 6.54 Å². The fourth-order valence-electron chi connectivity index (χ4n) is 2.37. The highest BCUT2D eigenvalue weighted by molar-refractivity contribution is 5.75. The second kappa shape index (κ2) is 5.86. The Hall–Kier alpha value is -1.56. The van der Waals surface area contributed by atoms with E-state index in [-0.39, 0.29) is 12.5 Å². The van der Waals surface area contributed by atoms with E-state index in [1.807, 2.05) is 0 Å². The Morgan fingerprint density at radius 3 is 3.17 bits per heavy atom. The topological polar surface area (TPSA) is 76.2 Å². The van der Waals surface area contributed by atoms with E-state index in [0.717, 1.165) is 19.6 Å². The molecule has 3 N–H and O–H groups in total. The largest absolute Gasteiger partial charge is 0.396 e. The summed E-state index contributed by atoms with van der Waals surface area (Å²) >= 11 is 0. The lowest BCUT2D eigenvalue weighted by atomic mass is 9.98. The standard InChI is InChI=1S/C12H21N5O/c1-16-4-2-3-10(7-16)5-14-12(18)9-17-8-11(13)6-15-17/h6,8,10H,2-5,7,9,13H2,1H3,(H,14,18). The van der Waals surface area contributed by atoms with Crippen molar-refractivity contribution in [3.8, 4) is 0 Å². The molecule has 6 heteroatoms. The van der Waals surface area contributed by atoms with E-state index in [9.17, 15) is 4.79 Å². The normalized spacial score (nSPS) is 20.8. The van der Waals surface area contributed by atoms with Gasteiger partial charge in [0, 0.05) is 19.3 Å². The number of carbonyl (C=O) groups excluding carboxylic acids is 1. The van der Waals surface area contributed by atoms with Crippen LogP contribution in [-0.2, 0) is 11.3 Å². The van der Waals surface area contributed by atoms with Crippen molar-refractivity contribution in [3.63, 3.8) is 0 Å². The number of hydrogen-bond acceptors (Lipinski definition) is 4. The highest BCUT2D eigenvalue weighted by Gasteiger charge is 2.17. The van der Waals surface area contributed by atoms with Crippen molar-refractivity contribution in [2.75, 3.05) is 32.4 Å². The lowest BCUT2D eigenvalue weighted by Crippen LogP contribution is -2.39. The number of rotatable bonds is 4. The van der Waals surface area contributed by atoms with Gasteiger partial charge in [0.25, 0.3) is 0 Å². The molecule has 1 aliphatic heterocycles. The first kappa shape index (κ1) is 12.9. The number of likely N-dealkylation sites (tertiary alicyclic amines) is 1. The Morgan fingerprint density at radius 2 is 2.50 bits per heavy atom. The van der Waals surface area contributed by atoms with Crippen LogP contribution in [0.1, 0.15) is 12.8 Å². The van der Waals surface area contributed by atoms with Gasteiger partial charge in [-0.15, -0.1) is 0 Å². The van der Waals surface area contributed by atoms with Gasteiger partial charge in [-0.2, -0.15) is 5.10 Å². The van der Waals surface area contributed by atoms with E-state index >= 15 is 0 Å². The molecule has 100 valence electrons. The first-order chi connectivity index (χ1) is 8.63. The van der Waals surface area contributed by atoms with Gasteiger partial charge >= 0.3 is 0 Å². The number of piperidine rings is 1. The van der Waals surface area contributed by atoms with Crippen LogP contribution in [-0.4, -0.2) is 47.3 Å². The van der Waals surface area contributed by atoms with Crippen molar-refractivity contribution in [1.29, 1.82) is 0 Å². The van der Waals surface area contributed by atoms with Gasteiger partial charge in [0.2, 0.25) is 5.91 Å². The van der Waals surface area contributed by atoms with Crippen molar-refractivity contribution in [1.82, 2.24) is 20.0 Å². The van der Waals surface area contributed by atoms with Crippen LogP contribution < -0.4 is 11.1 Å². The van der Waals surface area contributed by atoms with Gasteiger partial charge < -0.3 is 16.0 Å². The third kappa shape index (κ3) is 3.73. The minimum atomic E-state index is -0.00803. The number of carbonyl (C=O) groups is 1. The summed E-state index contributed by atoms with van der Waals surface area (Å²) in [7, 11) is 2.13. The molecule has 0 aromatic carbocycles. The summed E-state index contributed by atoms with van der Waals surface area (Å²) in [5.74, 6) is 0.557. The number of nitrogens with two attached hydrogens (primary N) is 1. The fraction of sp³-hybridized carbons (Fsp3) is 0.667. The predicted octanol–water partition coefficient (Wildman–Crippen LogP) is -0.0767.